The van der Waals surface area contributed by atoms with E-state index in [9.17, 15) is 4.79 Å². The molecule has 0 spiro atoms. The topological polar surface area (TPSA) is 69.6 Å². The maximum absolute atomic E-state index is 11.6. The van der Waals surface area contributed by atoms with Gasteiger partial charge >= 0.3 is 0 Å². The summed E-state index contributed by atoms with van der Waals surface area (Å²) in [7, 11) is 0. The SMILES string of the molecule is CCNC(=NCCCN1CCCC1=O)NCCCCc1nc(C)cs1.I. The molecule has 6 nitrogen and oxygen atoms in total. The van der Waals surface area contributed by atoms with Crippen molar-refractivity contribution in [2.75, 3.05) is 32.7 Å². The number of halogens is 1. The second kappa shape index (κ2) is 13.3. The fraction of sp³-hybridized carbons (Fsp3) is 0.722. The number of aliphatic imine (C=N–C) groups is 1. The highest BCUT2D eigenvalue weighted by Crippen LogP contribution is 2.11. The number of aryl methyl sites for hydroxylation is 2. The highest BCUT2D eigenvalue weighted by molar-refractivity contribution is 14.0. The minimum absolute atomic E-state index is 0. The van der Waals surface area contributed by atoms with Crippen LogP contribution in [0.2, 0.25) is 0 Å². The zero-order chi connectivity index (χ0) is 17.9. The predicted octanol–water partition coefficient (Wildman–Crippen LogP) is 2.96. The number of nitrogens with zero attached hydrogens (tertiary/aromatic N) is 3. The van der Waals surface area contributed by atoms with Crippen molar-refractivity contribution < 1.29 is 4.79 Å². The van der Waals surface area contributed by atoms with Crippen LogP contribution in [-0.2, 0) is 11.2 Å². The number of nitrogens with one attached hydrogen (secondary N) is 2. The molecule has 0 bridgehead atoms. The van der Waals surface area contributed by atoms with Gasteiger partial charge in [-0.3, -0.25) is 9.79 Å². The summed E-state index contributed by atoms with van der Waals surface area (Å²) in [6.07, 6.45) is 5.94. The zero-order valence-corrected chi connectivity index (χ0v) is 19.1. The van der Waals surface area contributed by atoms with Gasteiger partial charge in [0, 0.05) is 50.2 Å². The van der Waals surface area contributed by atoms with Crippen molar-refractivity contribution in [2.24, 2.45) is 4.99 Å². The Labute approximate surface area is 178 Å². The third-order valence-corrected chi connectivity index (χ3v) is 5.17. The van der Waals surface area contributed by atoms with E-state index in [4.69, 9.17) is 0 Å². The number of guanidine groups is 1. The van der Waals surface area contributed by atoms with Crippen LogP contribution in [0, 0.1) is 6.92 Å². The van der Waals surface area contributed by atoms with Crippen molar-refractivity contribution in [3.63, 3.8) is 0 Å². The van der Waals surface area contributed by atoms with Crippen molar-refractivity contribution in [1.82, 2.24) is 20.5 Å². The normalized spacial score (nSPS) is 14.5. The van der Waals surface area contributed by atoms with Crippen LogP contribution < -0.4 is 10.6 Å². The van der Waals surface area contributed by atoms with Crippen LogP contribution in [0.4, 0.5) is 0 Å². The third kappa shape index (κ3) is 8.66. The van der Waals surface area contributed by atoms with E-state index < -0.39 is 0 Å². The molecule has 8 heteroatoms. The van der Waals surface area contributed by atoms with E-state index in [2.05, 4.69) is 32.9 Å². The molecule has 148 valence electrons. The minimum Gasteiger partial charge on any atom is -0.357 e. The lowest BCUT2D eigenvalue weighted by atomic mass is 10.2. The van der Waals surface area contributed by atoms with E-state index in [-0.39, 0.29) is 24.0 Å². The van der Waals surface area contributed by atoms with E-state index in [1.807, 2.05) is 11.8 Å². The largest absolute Gasteiger partial charge is 0.357 e. The van der Waals surface area contributed by atoms with Crippen molar-refractivity contribution >= 4 is 47.2 Å². The van der Waals surface area contributed by atoms with Crippen molar-refractivity contribution in [1.29, 1.82) is 0 Å². The van der Waals surface area contributed by atoms with Crippen molar-refractivity contribution in [2.45, 2.75) is 52.4 Å². The lowest BCUT2D eigenvalue weighted by Gasteiger charge is -2.15. The molecule has 1 fully saturated rings. The second-order valence-electron chi connectivity index (χ2n) is 6.37. The Hall–Kier alpha value is -0.900. The van der Waals surface area contributed by atoms with Gasteiger partial charge in [-0.15, -0.1) is 35.3 Å². The first-order valence-corrected chi connectivity index (χ1v) is 10.3. The van der Waals surface area contributed by atoms with Gasteiger partial charge in [0.1, 0.15) is 0 Å². The molecular formula is C18H32IN5OS. The summed E-state index contributed by atoms with van der Waals surface area (Å²) in [6.45, 7) is 8.38. The standard InChI is InChI=1S/C18H31N5OS.HI/c1-3-19-18(21-11-7-13-23-12-6-9-17(23)24)20-10-5-4-8-16-22-15(2)14-25-16;/h14H,3-13H2,1-2H3,(H2,19,20,21);1H. The molecule has 1 aliphatic heterocycles. The molecule has 0 atom stereocenters. The first-order chi connectivity index (χ1) is 12.2. The van der Waals surface area contributed by atoms with Crippen LogP contribution in [0.1, 0.15) is 49.7 Å². The molecule has 1 aromatic heterocycles. The summed E-state index contributed by atoms with van der Waals surface area (Å²) < 4.78 is 0. The first kappa shape index (κ1) is 23.1. The highest BCUT2D eigenvalue weighted by atomic mass is 127. The Morgan fingerprint density at radius 3 is 2.85 bits per heavy atom. The van der Waals surface area contributed by atoms with Crippen LogP contribution >= 0.6 is 35.3 Å². The zero-order valence-electron chi connectivity index (χ0n) is 15.9. The molecule has 0 radical (unpaired) electrons. The Morgan fingerprint density at radius 2 is 2.19 bits per heavy atom. The lowest BCUT2D eigenvalue weighted by molar-refractivity contribution is -0.127. The van der Waals surface area contributed by atoms with Crippen LogP contribution in [-0.4, -0.2) is 54.5 Å². The smallest absolute Gasteiger partial charge is 0.222 e. The summed E-state index contributed by atoms with van der Waals surface area (Å²) in [4.78, 5) is 22.6. The van der Waals surface area contributed by atoms with Crippen LogP contribution in [0.3, 0.4) is 0 Å². The summed E-state index contributed by atoms with van der Waals surface area (Å²) >= 11 is 1.75. The first-order valence-electron chi connectivity index (χ1n) is 9.40. The molecule has 2 rings (SSSR count). The predicted molar refractivity (Wildman–Crippen MR) is 120 cm³/mol. The summed E-state index contributed by atoms with van der Waals surface area (Å²) in [5.41, 5.74) is 1.12. The minimum atomic E-state index is 0. The Kier molecular flexibility index (Phi) is 11.8. The molecule has 0 saturated carbocycles. The summed E-state index contributed by atoms with van der Waals surface area (Å²) in [5.74, 6) is 1.17. The average Bonchev–Trinajstić information content (AvgIpc) is 3.19. The Balaban J connectivity index is 0.00000338. The van der Waals surface area contributed by atoms with Crippen molar-refractivity contribution in [3.8, 4) is 0 Å². The fourth-order valence-corrected chi connectivity index (χ4v) is 3.68. The molecule has 1 amide bonds. The number of aromatic nitrogens is 1. The highest BCUT2D eigenvalue weighted by Gasteiger charge is 2.18. The lowest BCUT2D eigenvalue weighted by Crippen LogP contribution is -2.38. The van der Waals surface area contributed by atoms with Gasteiger partial charge in [0.05, 0.1) is 5.01 Å². The maximum atomic E-state index is 11.6. The van der Waals surface area contributed by atoms with E-state index in [0.717, 1.165) is 76.5 Å². The maximum Gasteiger partial charge on any atom is 0.222 e. The van der Waals surface area contributed by atoms with Crippen LogP contribution in [0.25, 0.3) is 0 Å². The molecule has 1 aliphatic rings. The summed E-state index contributed by atoms with van der Waals surface area (Å²) in [6, 6.07) is 0. The van der Waals surface area contributed by atoms with Gasteiger partial charge in [0.25, 0.3) is 0 Å². The number of hydrogen-bond acceptors (Lipinski definition) is 4. The van der Waals surface area contributed by atoms with E-state index in [0.29, 0.717) is 12.3 Å². The Morgan fingerprint density at radius 1 is 1.35 bits per heavy atom. The fourth-order valence-electron chi connectivity index (χ4n) is 2.86. The molecule has 1 saturated heterocycles. The van der Waals surface area contributed by atoms with Crippen molar-refractivity contribution in [3.05, 3.63) is 16.1 Å². The Bertz CT molecular complexity index is 564. The van der Waals surface area contributed by atoms with Gasteiger partial charge < -0.3 is 15.5 Å². The quantitative estimate of drug-likeness (QED) is 0.228. The molecule has 2 N–H and O–H groups in total. The molecule has 2 heterocycles. The molecule has 26 heavy (non-hydrogen) atoms. The van der Waals surface area contributed by atoms with E-state index in [1.54, 1.807) is 11.3 Å². The molecule has 0 aliphatic carbocycles. The second-order valence-corrected chi connectivity index (χ2v) is 7.31. The van der Waals surface area contributed by atoms with Gasteiger partial charge in [-0.2, -0.15) is 0 Å². The number of carbonyl (C=O) groups excluding carboxylic acids is 1. The number of carbonyl (C=O) groups is 1. The third-order valence-electron chi connectivity index (χ3n) is 4.15. The number of thiazole rings is 1. The number of hydrogen-bond donors (Lipinski definition) is 2. The average molecular weight is 493 g/mol. The van der Waals surface area contributed by atoms with E-state index >= 15 is 0 Å². The van der Waals surface area contributed by atoms with Gasteiger partial charge in [-0.1, -0.05) is 0 Å². The molecule has 0 aromatic carbocycles. The van der Waals surface area contributed by atoms with Crippen LogP contribution in [0.5, 0.6) is 0 Å². The van der Waals surface area contributed by atoms with Gasteiger partial charge in [-0.25, -0.2) is 4.98 Å². The number of unbranched alkanes of at least 4 members (excludes halogenated alkanes) is 1. The number of likely N-dealkylation sites (tertiary alicyclic amines) is 1. The number of rotatable bonds is 10. The molecule has 0 unspecified atom stereocenters. The van der Waals surface area contributed by atoms with E-state index in [1.165, 1.54) is 5.01 Å². The summed E-state index contributed by atoms with van der Waals surface area (Å²) in [5, 5.41) is 10.0. The van der Waals surface area contributed by atoms with Crippen LogP contribution in [0.15, 0.2) is 10.4 Å². The monoisotopic (exact) mass is 493 g/mol. The van der Waals surface area contributed by atoms with Gasteiger partial charge in [0.15, 0.2) is 5.96 Å². The van der Waals surface area contributed by atoms with Gasteiger partial charge in [-0.05, 0) is 46.0 Å². The molecule has 1 aromatic rings. The number of amides is 1. The van der Waals surface area contributed by atoms with Gasteiger partial charge in [0.2, 0.25) is 5.91 Å². The molecular weight excluding hydrogens is 461 g/mol.